The van der Waals surface area contributed by atoms with Crippen LogP contribution in [0.5, 0.6) is 0 Å². The van der Waals surface area contributed by atoms with Gasteiger partial charge >= 0.3 is 5.82 Å². The maximum atomic E-state index is 4.33. The SMILES string of the molecule is CC1(C)C=C[n+]2cccnc2C1. The Kier molecular flexibility index (Phi) is 1.50. The summed E-state index contributed by atoms with van der Waals surface area (Å²) in [6.07, 6.45) is 9.22. The molecule has 0 unspecified atom stereocenters. The Morgan fingerprint density at radius 2 is 2.33 bits per heavy atom. The zero-order chi connectivity index (χ0) is 8.60. The molecule has 0 radical (unpaired) electrons. The lowest BCUT2D eigenvalue weighted by molar-refractivity contribution is -0.585. The number of aromatic nitrogens is 2. The third kappa shape index (κ3) is 1.24. The monoisotopic (exact) mass is 161 g/mol. The molecule has 12 heavy (non-hydrogen) atoms. The van der Waals surface area contributed by atoms with E-state index in [0.29, 0.717) is 0 Å². The minimum atomic E-state index is 0.258. The molecular weight excluding hydrogens is 148 g/mol. The highest BCUT2D eigenvalue weighted by Gasteiger charge is 2.26. The third-order valence-corrected chi connectivity index (χ3v) is 2.15. The van der Waals surface area contributed by atoms with Crippen molar-refractivity contribution in [3.05, 3.63) is 30.4 Å². The Labute approximate surface area is 72.6 Å². The van der Waals surface area contributed by atoms with Crippen LogP contribution in [-0.4, -0.2) is 4.98 Å². The van der Waals surface area contributed by atoms with Crippen LogP contribution in [-0.2, 0) is 6.42 Å². The van der Waals surface area contributed by atoms with Crippen LogP contribution in [0.2, 0.25) is 0 Å². The van der Waals surface area contributed by atoms with Gasteiger partial charge in [-0.1, -0.05) is 18.8 Å². The lowest BCUT2D eigenvalue weighted by atomic mass is 9.87. The fraction of sp³-hybridized carbons (Fsp3) is 0.400. The van der Waals surface area contributed by atoms with Crippen molar-refractivity contribution in [2.45, 2.75) is 20.3 Å². The standard InChI is InChI=1S/C10H13N2/c1-10(2)4-7-12-6-3-5-11-9(12)8-10/h3-7H,8H2,1-2H3/q+1. The largest absolute Gasteiger partial charge is 0.303 e. The summed E-state index contributed by atoms with van der Waals surface area (Å²) >= 11 is 0. The van der Waals surface area contributed by atoms with Gasteiger partial charge in [0.05, 0.1) is 18.8 Å². The highest BCUT2D eigenvalue weighted by molar-refractivity contribution is 5.17. The molecule has 2 heterocycles. The van der Waals surface area contributed by atoms with Gasteiger partial charge in [-0.2, -0.15) is 0 Å². The van der Waals surface area contributed by atoms with Crippen molar-refractivity contribution in [2.24, 2.45) is 5.41 Å². The van der Waals surface area contributed by atoms with Crippen molar-refractivity contribution in [1.82, 2.24) is 4.98 Å². The second kappa shape index (κ2) is 2.41. The first kappa shape index (κ1) is 7.47. The van der Waals surface area contributed by atoms with Crippen molar-refractivity contribution in [3.8, 4) is 0 Å². The number of hydrogen-bond acceptors (Lipinski definition) is 1. The normalized spacial score (nSPS) is 18.8. The van der Waals surface area contributed by atoms with Gasteiger partial charge < -0.3 is 0 Å². The molecule has 0 fully saturated rings. The van der Waals surface area contributed by atoms with Crippen LogP contribution < -0.4 is 4.57 Å². The predicted octanol–water partition coefficient (Wildman–Crippen LogP) is 1.42. The summed E-state index contributed by atoms with van der Waals surface area (Å²) in [5.41, 5.74) is 0.258. The van der Waals surface area contributed by atoms with Crippen LogP contribution in [0.4, 0.5) is 0 Å². The van der Waals surface area contributed by atoms with Gasteiger partial charge in [0.1, 0.15) is 6.20 Å². The topological polar surface area (TPSA) is 16.8 Å². The van der Waals surface area contributed by atoms with E-state index in [2.05, 4.69) is 35.7 Å². The highest BCUT2D eigenvalue weighted by Crippen LogP contribution is 2.23. The molecule has 0 amide bonds. The summed E-state index contributed by atoms with van der Waals surface area (Å²) in [6.45, 7) is 4.45. The predicted molar refractivity (Wildman–Crippen MR) is 47.2 cm³/mol. The molecule has 62 valence electrons. The van der Waals surface area contributed by atoms with Gasteiger partial charge in [0.2, 0.25) is 0 Å². The van der Waals surface area contributed by atoms with Gasteiger partial charge in [0, 0.05) is 6.07 Å². The van der Waals surface area contributed by atoms with Gasteiger partial charge in [-0.25, -0.2) is 4.57 Å². The summed E-state index contributed by atoms with van der Waals surface area (Å²) in [6, 6.07) is 1.95. The fourth-order valence-electron chi connectivity index (χ4n) is 1.43. The van der Waals surface area contributed by atoms with E-state index >= 15 is 0 Å². The van der Waals surface area contributed by atoms with Gasteiger partial charge in [0.15, 0.2) is 0 Å². The number of hydrogen-bond donors (Lipinski definition) is 0. The fourth-order valence-corrected chi connectivity index (χ4v) is 1.43. The molecule has 0 spiro atoms. The molecule has 1 aromatic heterocycles. The first-order valence-corrected chi connectivity index (χ1v) is 4.22. The molecule has 0 saturated carbocycles. The quantitative estimate of drug-likeness (QED) is 0.526. The van der Waals surface area contributed by atoms with Crippen molar-refractivity contribution in [2.75, 3.05) is 0 Å². The van der Waals surface area contributed by atoms with Crippen molar-refractivity contribution in [3.63, 3.8) is 0 Å². The molecule has 1 aliphatic heterocycles. The molecule has 1 aromatic rings. The Morgan fingerprint density at radius 1 is 1.50 bits per heavy atom. The van der Waals surface area contributed by atoms with Gasteiger partial charge in [-0.3, -0.25) is 0 Å². The van der Waals surface area contributed by atoms with Crippen molar-refractivity contribution >= 4 is 6.20 Å². The Balaban J connectivity index is 2.46. The Bertz CT molecular complexity index is 326. The zero-order valence-electron chi connectivity index (χ0n) is 7.49. The smallest absolute Gasteiger partial charge is 0.207 e. The van der Waals surface area contributed by atoms with Crippen LogP contribution in [0.3, 0.4) is 0 Å². The third-order valence-electron chi connectivity index (χ3n) is 2.15. The summed E-state index contributed by atoms with van der Waals surface area (Å²) in [7, 11) is 0. The van der Waals surface area contributed by atoms with Gasteiger partial charge in [-0.15, -0.1) is 0 Å². The van der Waals surface area contributed by atoms with E-state index in [4.69, 9.17) is 0 Å². The number of rotatable bonds is 0. The lowest BCUT2D eigenvalue weighted by Gasteiger charge is -2.20. The minimum Gasteiger partial charge on any atom is -0.207 e. The van der Waals surface area contributed by atoms with Gasteiger partial charge in [0.25, 0.3) is 0 Å². The first-order chi connectivity index (χ1) is 5.67. The van der Waals surface area contributed by atoms with Gasteiger partial charge in [-0.05, 0) is 11.5 Å². The maximum absolute atomic E-state index is 4.33. The second-order valence-electron chi connectivity index (χ2n) is 3.92. The highest BCUT2D eigenvalue weighted by atomic mass is 15.0. The Morgan fingerprint density at radius 3 is 3.17 bits per heavy atom. The molecule has 0 aliphatic carbocycles. The van der Waals surface area contributed by atoms with E-state index in [0.717, 1.165) is 12.2 Å². The van der Waals surface area contributed by atoms with E-state index < -0.39 is 0 Å². The van der Waals surface area contributed by atoms with Crippen LogP contribution in [0.15, 0.2) is 24.5 Å². The van der Waals surface area contributed by atoms with Crippen molar-refractivity contribution in [1.29, 1.82) is 0 Å². The molecule has 2 heteroatoms. The van der Waals surface area contributed by atoms with E-state index in [9.17, 15) is 0 Å². The lowest BCUT2D eigenvalue weighted by Crippen LogP contribution is -2.39. The maximum Gasteiger partial charge on any atom is 0.303 e. The van der Waals surface area contributed by atoms with E-state index in [1.54, 1.807) is 0 Å². The molecule has 0 saturated heterocycles. The average Bonchev–Trinajstić information content (AvgIpc) is 2.02. The summed E-state index contributed by atoms with van der Waals surface area (Å²) in [5.74, 6) is 1.14. The van der Waals surface area contributed by atoms with E-state index in [1.807, 2.05) is 18.5 Å². The minimum absolute atomic E-state index is 0.258. The summed E-state index contributed by atoms with van der Waals surface area (Å²) < 4.78 is 2.07. The average molecular weight is 161 g/mol. The molecule has 0 aromatic carbocycles. The molecule has 2 nitrogen and oxygen atoms in total. The number of nitrogens with zero attached hydrogens (tertiary/aromatic N) is 2. The molecular formula is C10H13N2+. The zero-order valence-corrected chi connectivity index (χ0v) is 7.49. The van der Waals surface area contributed by atoms with Crippen molar-refractivity contribution < 1.29 is 4.57 Å². The summed E-state index contributed by atoms with van der Waals surface area (Å²) in [5, 5.41) is 0. The molecule has 2 rings (SSSR count). The number of fused-ring (bicyclic) bond motifs is 1. The molecule has 1 aliphatic rings. The van der Waals surface area contributed by atoms with E-state index in [1.165, 1.54) is 0 Å². The van der Waals surface area contributed by atoms with E-state index in [-0.39, 0.29) is 5.41 Å². The van der Waals surface area contributed by atoms with Crippen LogP contribution in [0.25, 0.3) is 6.20 Å². The van der Waals surface area contributed by atoms with Crippen LogP contribution in [0, 0.1) is 5.41 Å². The molecule has 0 N–H and O–H groups in total. The second-order valence-corrected chi connectivity index (χ2v) is 3.92. The molecule has 0 atom stereocenters. The van der Waals surface area contributed by atoms with Crippen LogP contribution in [0.1, 0.15) is 19.7 Å². The molecule has 0 bridgehead atoms. The van der Waals surface area contributed by atoms with Crippen LogP contribution >= 0.6 is 0 Å². The number of allylic oxidation sites excluding steroid dienone is 1. The first-order valence-electron chi connectivity index (χ1n) is 4.22. The summed E-state index contributed by atoms with van der Waals surface area (Å²) in [4.78, 5) is 4.33. The Hall–Kier alpha value is -1.18.